The van der Waals surface area contributed by atoms with Gasteiger partial charge in [-0.25, -0.2) is 0 Å². The number of ether oxygens (including phenoxy) is 3. The minimum Gasteiger partial charge on any atom is -0.547 e. The predicted octanol–water partition coefficient (Wildman–Crippen LogP) is -3.50. The van der Waals surface area contributed by atoms with Crippen LogP contribution in [0.15, 0.2) is 12.1 Å². The van der Waals surface area contributed by atoms with Gasteiger partial charge in [0.05, 0.1) is 27.3 Å². The molecule has 0 aliphatic carbocycles. The molecule has 0 bridgehead atoms. The summed E-state index contributed by atoms with van der Waals surface area (Å²) >= 11 is 0. The number of carboxylic acids is 1. The maximum absolute atomic E-state index is 10.6. The molecule has 1 rings (SSSR count). The molecule has 94 valence electrons. The van der Waals surface area contributed by atoms with Crippen LogP contribution in [0.1, 0.15) is 11.7 Å². The molecule has 0 radical (unpaired) electrons. The number of aliphatic hydroxyl groups excluding tert-OH is 1. The molecule has 0 spiro atoms. The third-order valence-electron chi connectivity index (χ3n) is 2.23. The average Bonchev–Trinajstić information content (AvgIpc) is 2.35. The van der Waals surface area contributed by atoms with E-state index in [0.29, 0.717) is 5.75 Å². The predicted molar refractivity (Wildman–Crippen MR) is 56.1 cm³/mol. The first kappa shape index (κ1) is 17.7. The van der Waals surface area contributed by atoms with Crippen molar-refractivity contribution in [1.82, 2.24) is 0 Å². The quantitative estimate of drug-likeness (QED) is 0.563. The van der Waals surface area contributed by atoms with E-state index in [1.165, 1.54) is 33.5 Å². The molecule has 1 aromatic rings. The van der Waals surface area contributed by atoms with Crippen LogP contribution in [0, 0.1) is 0 Å². The monoisotopic (exact) mass is 280 g/mol. The van der Waals surface area contributed by atoms with Gasteiger partial charge in [0.25, 0.3) is 0 Å². The zero-order valence-electron chi connectivity index (χ0n) is 10.7. The molecule has 0 unspecified atom stereocenters. The van der Waals surface area contributed by atoms with Crippen LogP contribution in [0.25, 0.3) is 0 Å². The van der Waals surface area contributed by atoms with Crippen molar-refractivity contribution >= 4 is 5.97 Å². The zero-order chi connectivity index (χ0) is 13.0. The summed E-state index contributed by atoms with van der Waals surface area (Å²) in [6.07, 6.45) is -1.75. The maximum atomic E-state index is 10.6. The van der Waals surface area contributed by atoms with Crippen LogP contribution < -0.4 is 70.7 Å². The fraction of sp³-hybridized carbons (Fsp3) is 0.364. The fourth-order valence-electron chi connectivity index (χ4n) is 1.40. The van der Waals surface area contributed by atoms with E-state index in [9.17, 15) is 15.0 Å². The van der Waals surface area contributed by atoms with E-state index in [2.05, 4.69) is 0 Å². The van der Waals surface area contributed by atoms with Gasteiger partial charge in [0, 0.05) is 0 Å². The number of rotatable bonds is 5. The van der Waals surface area contributed by atoms with E-state index in [0.717, 1.165) is 0 Å². The summed E-state index contributed by atoms with van der Waals surface area (Å²) in [6.45, 7) is 0. The van der Waals surface area contributed by atoms with Crippen LogP contribution in [-0.2, 0) is 4.79 Å². The molecular formula is C11H13KO6. The van der Waals surface area contributed by atoms with E-state index < -0.39 is 12.1 Å². The standard InChI is InChI=1S/C11H14O6.K/c1-15-7-4-6(9(12)11(13)14)5-8(16-2)10(7)17-3;/h4-5,9,12H,1-3H3,(H,13,14);/q;+1/p-1/t9-;/m1./s1. The van der Waals surface area contributed by atoms with Crippen LogP contribution in [-0.4, -0.2) is 32.4 Å². The van der Waals surface area contributed by atoms with Crippen molar-refractivity contribution in [3.05, 3.63) is 17.7 Å². The summed E-state index contributed by atoms with van der Waals surface area (Å²) in [4.78, 5) is 10.6. The molecule has 0 aliphatic rings. The molecule has 1 N–H and O–H groups in total. The number of benzene rings is 1. The second-order valence-electron chi connectivity index (χ2n) is 3.18. The van der Waals surface area contributed by atoms with Crippen LogP contribution in [0.2, 0.25) is 0 Å². The second kappa shape index (κ2) is 7.98. The number of carbonyl (C=O) groups is 1. The fourth-order valence-corrected chi connectivity index (χ4v) is 1.40. The minimum atomic E-state index is -1.75. The number of hydrogen-bond donors (Lipinski definition) is 1. The van der Waals surface area contributed by atoms with Gasteiger partial charge in [-0.1, -0.05) is 0 Å². The van der Waals surface area contributed by atoms with E-state index in [1.54, 1.807) is 0 Å². The second-order valence-corrected chi connectivity index (χ2v) is 3.18. The van der Waals surface area contributed by atoms with Crippen molar-refractivity contribution in [2.45, 2.75) is 6.10 Å². The number of methoxy groups -OCH3 is 3. The Morgan fingerprint density at radius 1 is 1.17 bits per heavy atom. The Hall–Kier alpha value is -0.314. The molecule has 0 fully saturated rings. The molecule has 7 heteroatoms. The summed E-state index contributed by atoms with van der Waals surface area (Å²) in [5.41, 5.74) is 0.0968. The molecule has 1 atom stereocenters. The van der Waals surface area contributed by atoms with Gasteiger partial charge in [0.1, 0.15) is 6.10 Å². The van der Waals surface area contributed by atoms with Crippen molar-refractivity contribution < 1.29 is 80.6 Å². The molecule has 18 heavy (non-hydrogen) atoms. The molecule has 0 heterocycles. The van der Waals surface area contributed by atoms with E-state index >= 15 is 0 Å². The van der Waals surface area contributed by atoms with Gasteiger partial charge < -0.3 is 29.2 Å². The summed E-state index contributed by atoms with van der Waals surface area (Å²) < 4.78 is 15.1. The molecule has 6 nitrogen and oxygen atoms in total. The Balaban J connectivity index is 0.00000289. The molecule has 1 aromatic carbocycles. The normalized spacial score (nSPS) is 11.1. The number of aliphatic carboxylic acids is 1. The minimum absolute atomic E-state index is 0. The van der Waals surface area contributed by atoms with Gasteiger partial charge in [0.2, 0.25) is 5.75 Å². The first-order valence-electron chi connectivity index (χ1n) is 4.74. The smallest absolute Gasteiger partial charge is 0.547 e. The first-order valence-corrected chi connectivity index (χ1v) is 4.74. The van der Waals surface area contributed by atoms with Gasteiger partial charge in [-0.05, 0) is 17.7 Å². The topological polar surface area (TPSA) is 88.1 Å². The SMILES string of the molecule is COc1cc([C@@H](O)C(=O)[O-])cc(OC)c1OC.[K+]. The van der Waals surface area contributed by atoms with E-state index in [-0.39, 0.29) is 68.4 Å². The van der Waals surface area contributed by atoms with E-state index in [1.807, 2.05) is 0 Å². The van der Waals surface area contributed by atoms with Crippen LogP contribution >= 0.6 is 0 Å². The largest absolute Gasteiger partial charge is 1.00 e. The molecule has 0 amide bonds. The van der Waals surface area contributed by atoms with Gasteiger partial charge in [-0.2, -0.15) is 0 Å². The summed E-state index contributed by atoms with van der Waals surface area (Å²) in [5.74, 6) is -0.743. The summed E-state index contributed by atoms with van der Waals surface area (Å²) in [7, 11) is 4.22. The van der Waals surface area contributed by atoms with Gasteiger partial charge in [0.15, 0.2) is 11.5 Å². The third-order valence-corrected chi connectivity index (χ3v) is 2.23. The van der Waals surface area contributed by atoms with Crippen LogP contribution in [0.3, 0.4) is 0 Å². The Morgan fingerprint density at radius 3 is 1.89 bits per heavy atom. The average molecular weight is 280 g/mol. The Morgan fingerprint density at radius 2 is 1.61 bits per heavy atom. The molecular weight excluding hydrogens is 267 g/mol. The van der Waals surface area contributed by atoms with Crippen molar-refractivity contribution in [1.29, 1.82) is 0 Å². The number of carboxylic acid groups (broad SMARTS) is 1. The Bertz CT molecular complexity index is 395. The molecule has 0 saturated carbocycles. The first-order chi connectivity index (χ1) is 8.04. The maximum Gasteiger partial charge on any atom is 1.00 e. The molecule has 0 saturated heterocycles. The van der Waals surface area contributed by atoms with Crippen molar-refractivity contribution in [2.75, 3.05) is 21.3 Å². The number of aliphatic hydroxyl groups is 1. The van der Waals surface area contributed by atoms with Gasteiger partial charge in [-0.15, -0.1) is 0 Å². The third kappa shape index (κ3) is 3.84. The van der Waals surface area contributed by atoms with Crippen LogP contribution in [0.5, 0.6) is 17.2 Å². The van der Waals surface area contributed by atoms with Gasteiger partial charge >= 0.3 is 51.4 Å². The summed E-state index contributed by atoms with van der Waals surface area (Å²) in [5, 5.41) is 20.0. The van der Waals surface area contributed by atoms with Gasteiger partial charge in [-0.3, -0.25) is 0 Å². The summed E-state index contributed by atoms with van der Waals surface area (Å²) in [6, 6.07) is 2.70. The van der Waals surface area contributed by atoms with Crippen molar-refractivity contribution in [3.8, 4) is 17.2 Å². The zero-order valence-corrected chi connectivity index (χ0v) is 13.8. The van der Waals surface area contributed by atoms with Crippen molar-refractivity contribution in [2.24, 2.45) is 0 Å². The number of carbonyl (C=O) groups excluding carboxylic acids is 1. The Kier molecular flexibility index (Phi) is 7.84. The van der Waals surface area contributed by atoms with E-state index in [4.69, 9.17) is 14.2 Å². The molecule has 0 aromatic heterocycles. The number of hydrogen-bond acceptors (Lipinski definition) is 6. The van der Waals surface area contributed by atoms with Crippen LogP contribution in [0.4, 0.5) is 0 Å². The van der Waals surface area contributed by atoms with Crippen molar-refractivity contribution in [3.63, 3.8) is 0 Å². The molecule has 0 aliphatic heterocycles. The Labute approximate surface area is 147 Å².